The van der Waals surface area contributed by atoms with E-state index in [1.54, 1.807) is 18.5 Å². The number of aliphatic carboxylic acids is 1. The molecule has 1 aromatic rings. The van der Waals surface area contributed by atoms with Crippen molar-refractivity contribution in [1.82, 2.24) is 13.9 Å². The second-order valence-corrected chi connectivity index (χ2v) is 5.96. The predicted molar refractivity (Wildman–Crippen MR) is 55.2 cm³/mol. The maximum Gasteiger partial charge on any atom is 1.00 e. The molecule has 0 bridgehead atoms. The van der Waals surface area contributed by atoms with Crippen molar-refractivity contribution in [1.29, 1.82) is 0 Å². The number of carboxylic acids is 1. The van der Waals surface area contributed by atoms with Gasteiger partial charge in [0.15, 0.2) is 5.03 Å². The molecule has 7 nitrogen and oxygen atoms in total. The summed E-state index contributed by atoms with van der Waals surface area (Å²) in [7, 11) is -1.96. The largest absolute Gasteiger partial charge is 1.00 e. The monoisotopic (exact) mass is 265 g/mol. The van der Waals surface area contributed by atoms with Crippen LogP contribution in [0.1, 0.15) is 5.82 Å². The van der Waals surface area contributed by atoms with Crippen molar-refractivity contribution in [2.45, 2.75) is 11.9 Å². The minimum absolute atomic E-state index is 0. The van der Waals surface area contributed by atoms with Crippen LogP contribution in [0.25, 0.3) is 0 Å². The van der Waals surface area contributed by atoms with Crippen molar-refractivity contribution in [2.75, 3.05) is 13.1 Å². The molecule has 9 heteroatoms. The summed E-state index contributed by atoms with van der Waals surface area (Å²) in [5.41, 5.74) is 0. The molecular formula is C9H12LiN3O4S. The van der Waals surface area contributed by atoms with E-state index in [1.807, 2.05) is 0 Å². The average molecular weight is 265 g/mol. The van der Waals surface area contributed by atoms with Gasteiger partial charge in [-0.1, -0.05) is 0 Å². The van der Waals surface area contributed by atoms with E-state index in [9.17, 15) is 18.3 Å². The zero-order chi connectivity index (χ0) is 12.8. The Morgan fingerprint density at radius 1 is 1.50 bits per heavy atom. The van der Waals surface area contributed by atoms with Crippen LogP contribution in [0.4, 0.5) is 0 Å². The van der Waals surface area contributed by atoms with E-state index < -0.39 is 21.9 Å². The van der Waals surface area contributed by atoms with E-state index in [1.165, 1.54) is 6.20 Å². The van der Waals surface area contributed by atoms with Crippen LogP contribution < -0.4 is 24.0 Å². The Morgan fingerprint density at radius 3 is 2.44 bits per heavy atom. The van der Waals surface area contributed by atoms with Gasteiger partial charge in [0.25, 0.3) is 10.0 Å². The Hall–Kier alpha value is -0.813. The van der Waals surface area contributed by atoms with Crippen molar-refractivity contribution >= 4 is 16.0 Å². The molecule has 0 unspecified atom stereocenters. The number of hydrogen-bond donors (Lipinski definition) is 0. The van der Waals surface area contributed by atoms with Crippen LogP contribution in [-0.4, -0.2) is 41.3 Å². The van der Waals surface area contributed by atoms with Gasteiger partial charge in [-0.3, -0.25) is 0 Å². The molecule has 1 aromatic heterocycles. The Bertz CT molecular complexity index is 543. The maximum absolute atomic E-state index is 12.0. The van der Waals surface area contributed by atoms with E-state index >= 15 is 0 Å². The Morgan fingerprint density at radius 2 is 2.06 bits per heavy atom. The van der Waals surface area contributed by atoms with Crippen molar-refractivity contribution in [3.8, 4) is 0 Å². The molecule has 0 aromatic carbocycles. The number of rotatable bonds is 3. The van der Waals surface area contributed by atoms with Crippen molar-refractivity contribution in [3.05, 3.63) is 12.0 Å². The predicted octanol–water partition coefficient (Wildman–Crippen LogP) is -4.90. The van der Waals surface area contributed by atoms with Gasteiger partial charge in [0.05, 0.1) is 0 Å². The first kappa shape index (κ1) is 15.2. The quantitative estimate of drug-likeness (QED) is 0.510. The number of nitrogens with zero attached hydrogens (tertiary/aromatic N) is 3. The summed E-state index contributed by atoms with van der Waals surface area (Å²) in [5.74, 6) is -1.34. The molecule has 0 aliphatic carbocycles. The molecule has 2 rings (SSSR count). The van der Waals surface area contributed by atoms with Crippen LogP contribution in [0.15, 0.2) is 11.2 Å². The van der Waals surface area contributed by atoms with Crippen LogP contribution in [0.5, 0.6) is 0 Å². The Kier molecular flexibility index (Phi) is 4.28. The number of carboxylic acid groups (broad SMARTS) is 1. The molecule has 0 atom stereocenters. The van der Waals surface area contributed by atoms with Crippen LogP contribution in [0, 0.1) is 12.8 Å². The van der Waals surface area contributed by atoms with Gasteiger partial charge in [-0.15, -0.1) is 0 Å². The fourth-order valence-electron chi connectivity index (χ4n) is 1.57. The van der Waals surface area contributed by atoms with Crippen molar-refractivity contribution in [3.63, 3.8) is 0 Å². The Labute approximate surface area is 117 Å². The average Bonchev–Trinajstić information content (AvgIpc) is 2.43. The van der Waals surface area contributed by atoms with Gasteiger partial charge in [0.2, 0.25) is 0 Å². The van der Waals surface area contributed by atoms with E-state index in [4.69, 9.17) is 0 Å². The van der Waals surface area contributed by atoms with Gasteiger partial charge in [0.1, 0.15) is 5.82 Å². The van der Waals surface area contributed by atoms with E-state index in [-0.39, 0.29) is 37.0 Å². The van der Waals surface area contributed by atoms with Crippen molar-refractivity contribution < 1.29 is 37.2 Å². The third-order valence-electron chi connectivity index (χ3n) is 2.87. The fourth-order valence-corrected chi connectivity index (χ4v) is 3.12. The van der Waals surface area contributed by atoms with E-state index in [0.717, 1.165) is 4.31 Å². The van der Waals surface area contributed by atoms with E-state index in [2.05, 4.69) is 4.98 Å². The van der Waals surface area contributed by atoms with Crippen LogP contribution in [0.2, 0.25) is 0 Å². The molecule has 1 aliphatic rings. The summed E-state index contributed by atoms with van der Waals surface area (Å²) >= 11 is 0. The number of aryl methyl sites for hydroxylation is 2. The van der Waals surface area contributed by atoms with Gasteiger partial charge in [-0.2, -0.15) is 4.31 Å². The molecule has 1 aliphatic heterocycles. The summed E-state index contributed by atoms with van der Waals surface area (Å²) in [4.78, 5) is 14.4. The van der Waals surface area contributed by atoms with Gasteiger partial charge < -0.3 is 14.5 Å². The third kappa shape index (κ3) is 2.47. The Balaban J connectivity index is 0.00000162. The number of sulfonamides is 1. The number of imidazole rings is 1. The molecule has 0 radical (unpaired) electrons. The second-order valence-electron chi connectivity index (χ2n) is 4.08. The maximum atomic E-state index is 12.0. The smallest absolute Gasteiger partial charge is 0.550 e. The summed E-state index contributed by atoms with van der Waals surface area (Å²) < 4.78 is 26.7. The van der Waals surface area contributed by atoms with Crippen molar-refractivity contribution in [2.24, 2.45) is 13.0 Å². The molecule has 0 spiro atoms. The minimum Gasteiger partial charge on any atom is -0.550 e. The fraction of sp³-hybridized carbons (Fsp3) is 0.556. The SMILES string of the molecule is Cc1nc(S(=O)(=O)N2CC(C(=O)[O-])C2)cn1C.[Li+]. The van der Waals surface area contributed by atoms with Crippen LogP contribution in [0.3, 0.4) is 0 Å². The zero-order valence-corrected chi connectivity index (χ0v) is 11.3. The molecular weight excluding hydrogens is 253 g/mol. The molecule has 1 fully saturated rings. The number of carbonyl (C=O) groups excluding carboxylic acids is 1. The molecule has 1 saturated heterocycles. The second kappa shape index (κ2) is 5.05. The van der Waals surface area contributed by atoms with E-state index in [0.29, 0.717) is 5.82 Å². The topological polar surface area (TPSA) is 95.3 Å². The van der Waals surface area contributed by atoms with Gasteiger partial charge in [-0.05, 0) is 6.92 Å². The summed E-state index contributed by atoms with van der Waals surface area (Å²) in [6.07, 6.45) is 1.41. The third-order valence-corrected chi connectivity index (χ3v) is 4.58. The number of carbonyl (C=O) groups is 1. The molecule has 0 N–H and O–H groups in total. The molecule has 18 heavy (non-hydrogen) atoms. The first-order valence-electron chi connectivity index (χ1n) is 5.03. The molecule has 94 valence electrons. The summed E-state index contributed by atoms with van der Waals surface area (Å²) in [6, 6.07) is 0. The standard InChI is InChI=1S/C9H13N3O4S.Li/c1-6-10-8(5-11(6)2)17(15,16)12-3-7(4-12)9(13)14;/h5,7H,3-4H2,1-2H3,(H,13,14);/q;+1/p-1. The zero-order valence-electron chi connectivity index (χ0n) is 10.5. The van der Waals surface area contributed by atoms with Crippen LogP contribution in [-0.2, 0) is 21.9 Å². The van der Waals surface area contributed by atoms with Gasteiger partial charge in [0, 0.05) is 38.2 Å². The summed E-state index contributed by atoms with van der Waals surface area (Å²) in [6.45, 7) is 1.61. The number of hydrogen-bond acceptors (Lipinski definition) is 5. The molecule has 0 saturated carbocycles. The number of aromatic nitrogens is 2. The van der Waals surface area contributed by atoms with Gasteiger partial charge in [-0.25, -0.2) is 13.4 Å². The minimum atomic E-state index is -3.66. The molecule has 2 heterocycles. The summed E-state index contributed by atoms with van der Waals surface area (Å²) in [5, 5.41) is 10.4. The normalized spacial score (nSPS) is 17.0. The van der Waals surface area contributed by atoms with Crippen LogP contribution >= 0.6 is 0 Å². The van der Waals surface area contributed by atoms with Gasteiger partial charge >= 0.3 is 18.9 Å². The molecule has 0 amide bonds. The first-order chi connectivity index (χ1) is 7.82. The first-order valence-corrected chi connectivity index (χ1v) is 6.47.